The first-order valence-electron chi connectivity index (χ1n) is 7.04. The third kappa shape index (κ3) is 6.23. The number of nitrogens with one attached hydrogen (secondary N) is 1. The van der Waals surface area contributed by atoms with Crippen LogP contribution in [0.4, 0.5) is 0 Å². The number of carboxylic acids is 1. The molecule has 0 radical (unpaired) electrons. The van der Waals surface area contributed by atoms with Gasteiger partial charge in [-0.1, -0.05) is 31.2 Å². The van der Waals surface area contributed by atoms with Crippen molar-refractivity contribution in [1.29, 1.82) is 0 Å². The zero-order valence-corrected chi connectivity index (χ0v) is 12.5. The molecule has 0 bridgehead atoms. The van der Waals surface area contributed by atoms with Gasteiger partial charge in [0.2, 0.25) is 5.91 Å². The summed E-state index contributed by atoms with van der Waals surface area (Å²) in [7, 11) is 0. The number of carbonyl (C=O) groups is 2. The van der Waals surface area contributed by atoms with Crippen molar-refractivity contribution in [1.82, 2.24) is 10.2 Å². The topological polar surface area (TPSA) is 69.6 Å². The number of benzene rings is 1. The van der Waals surface area contributed by atoms with Gasteiger partial charge in [0.25, 0.3) is 0 Å². The van der Waals surface area contributed by atoms with E-state index < -0.39 is 5.97 Å². The van der Waals surface area contributed by atoms with Gasteiger partial charge in [-0.15, -0.1) is 0 Å². The number of rotatable bonds is 8. The summed E-state index contributed by atoms with van der Waals surface area (Å²) in [5.74, 6) is -0.975. The Morgan fingerprint density at radius 2 is 2.00 bits per heavy atom. The fraction of sp³-hybridized carbons (Fsp3) is 0.375. The van der Waals surface area contributed by atoms with Crippen molar-refractivity contribution in [2.75, 3.05) is 19.6 Å². The summed E-state index contributed by atoms with van der Waals surface area (Å²) in [6.07, 6.45) is 2.70. The van der Waals surface area contributed by atoms with Gasteiger partial charge < -0.3 is 10.4 Å². The minimum absolute atomic E-state index is 0.00194. The highest BCUT2D eigenvalue weighted by atomic mass is 16.4. The maximum atomic E-state index is 11.7. The number of carboxylic acid groups (broad SMARTS) is 1. The van der Waals surface area contributed by atoms with E-state index in [0.717, 1.165) is 23.7 Å². The summed E-state index contributed by atoms with van der Waals surface area (Å²) < 4.78 is 0. The number of aliphatic carboxylic acids is 1. The molecule has 1 amide bonds. The van der Waals surface area contributed by atoms with Crippen LogP contribution in [0.15, 0.2) is 30.3 Å². The molecule has 0 aliphatic rings. The highest BCUT2D eigenvalue weighted by Crippen LogP contribution is 2.13. The van der Waals surface area contributed by atoms with E-state index in [2.05, 4.69) is 5.32 Å². The molecule has 0 saturated heterocycles. The molecule has 21 heavy (non-hydrogen) atoms. The molecule has 0 fully saturated rings. The van der Waals surface area contributed by atoms with Gasteiger partial charge in [-0.3, -0.25) is 9.69 Å². The van der Waals surface area contributed by atoms with Crippen LogP contribution in [0.2, 0.25) is 0 Å². The quantitative estimate of drug-likeness (QED) is 0.716. The first-order valence-corrected chi connectivity index (χ1v) is 7.04. The summed E-state index contributed by atoms with van der Waals surface area (Å²) in [4.78, 5) is 24.3. The second-order valence-corrected chi connectivity index (χ2v) is 4.63. The van der Waals surface area contributed by atoms with Crippen LogP contribution in [0.1, 0.15) is 25.0 Å². The second-order valence-electron chi connectivity index (χ2n) is 4.63. The van der Waals surface area contributed by atoms with Crippen LogP contribution in [-0.4, -0.2) is 41.5 Å². The van der Waals surface area contributed by atoms with Crippen molar-refractivity contribution in [2.24, 2.45) is 0 Å². The lowest BCUT2D eigenvalue weighted by molar-refractivity contribution is -0.131. The summed E-state index contributed by atoms with van der Waals surface area (Å²) >= 11 is 0. The normalized spacial score (nSPS) is 11.0. The van der Waals surface area contributed by atoms with Crippen LogP contribution in [0.5, 0.6) is 0 Å². The standard InChI is InChI=1S/C16H22N2O3/c1-3-17-15(19)12-18(4-2)11-14-8-6-5-7-13(14)9-10-16(20)21/h5-10H,3-4,11-12H2,1-2H3,(H,17,19)(H,20,21). The lowest BCUT2D eigenvalue weighted by atomic mass is 10.1. The zero-order chi connectivity index (χ0) is 15.7. The van der Waals surface area contributed by atoms with Gasteiger partial charge in [0.15, 0.2) is 0 Å². The van der Waals surface area contributed by atoms with Gasteiger partial charge in [0, 0.05) is 19.2 Å². The SMILES string of the molecule is CCNC(=O)CN(CC)Cc1ccccc1C=CC(=O)O. The lowest BCUT2D eigenvalue weighted by Gasteiger charge is -2.20. The van der Waals surface area contributed by atoms with Crippen LogP contribution >= 0.6 is 0 Å². The van der Waals surface area contributed by atoms with Crippen molar-refractivity contribution in [3.8, 4) is 0 Å². The molecule has 0 heterocycles. The van der Waals surface area contributed by atoms with Crippen molar-refractivity contribution < 1.29 is 14.7 Å². The molecule has 5 heteroatoms. The molecule has 1 rings (SSSR count). The fourth-order valence-corrected chi connectivity index (χ4v) is 1.98. The van der Waals surface area contributed by atoms with E-state index in [1.807, 2.05) is 43.0 Å². The van der Waals surface area contributed by atoms with Crippen LogP contribution in [0.25, 0.3) is 6.08 Å². The highest BCUT2D eigenvalue weighted by Gasteiger charge is 2.10. The molecule has 0 spiro atoms. The molecular weight excluding hydrogens is 268 g/mol. The van der Waals surface area contributed by atoms with E-state index in [4.69, 9.17) is 5.11 Å². The average Bonchev–Trinajstić information content (AvgIpc) is 2.45. The van der Waals surface area contributed by atoms with E-state index in [-0.39, 0.29) is 5.91 Å². The van der Waals surface area contributed by atoms with Gasteiger partial charge in [0.05, 0.1) is 6.54 Å². The van der Waals surface area contributed by atoms with Crippen LogP contribution < -0.4 is 5.32 Å². The zero-order valence-electron chi connectivity index (χ0n) is 12.5. The molecule has 1 aromatic carbocycles. The van der Waals surface area contributed by atoms with Crippen molar-refractivity contribution >= 4 is 18.0 Å². The number of hydrogen-bond acceptors (Lipinski definition) is 3. The number of carbonyl (C=O) groups excluding carboxylic acids is 1. The monoisotopic (exact) mass is 290 g/mol. The number of nitrogens with zero attached hydrogens (tertiary/aromatic N) is 1. The third-order valence-corrected chi connectivity index (χ3v) is 3.04. The van der Waals surface area contributed by atoms with Crippen LogP contribution in [0, 0.1) is 0 Å². The van der Waals surface area contributed by atoms with E-state index in [9.17, 15) is 9.59 Å². The molecular formula is C16H22N2O3. The first-order chi connectivity index (χ1) is 10.1. The Kier molecular flexibility index (Phi) is 7.18. The summed E-state index contributed by atoms with van der Waals surface area (Å²) in [5, 5.41) is 11.5. The van der Waals surface area contributed by atoms with Gasteiger partial charge in [0.1, 0.15) is 0 Å². The van der Waals surface area contributed by atoms with Crippen molar-refractivity contribution in [3.05, 3.63) is 41.5 Å². The number of hydrogen-bond donors (Lipinski definition) is 2. The molecule has 0 aliphatic heterocycles. The smallest absolute Gasteiger partial charge is 0.328 e. The summed E-state index contributed by atoms with van der Waals surface area (Å²) in [5.41, 5.74) is 1.86. The Bertz CT molecular complexity index is 512. The predicted octanol–water partition coefficient (Wildman–Crippen LogP) is 1.74. The Balaban J connectivity index is 2.80. The van der Waals surface area contributed by atoms with Gasteiger partial charge in [-0.05, 0) is 30.7 Å². The first kappa shape index (κ1) is 16.9. The van der Waals surface area contributed by atoms with Gasteiger partial charge in [-0.2, -0.15) is 0 Å². The maximum Gasteiger partial charge on any atom is 0.328 e. The number of likely N-dealkylation sites (N-methyl/N-ethyl adjacent to an activating group) is 2. The molecule has 2 N–H and O–H groups in total. The fourth-order valence-electron chi connectivity index (χ4n) is 1.98. The van der Waals surface area contributed by atoms with Crippen LogP contribution in [-0.2, 0) is 16.1 Å². The molecule has 114 valence electrons. The van der Waals surface area contributed by atoms with E-state index in [1.54, 1.807) is 6.08 Å². The Hall–Kier alpha value is -2.14. The second kappa shape index (κ2) is 8.92. The Labute approximate surface area is 125 Å². The van der Waals surface area contributed by atoms with Gasteiger partial charge >= 0.3 is 5.97 Å². The average molecular weight is 290 g/mol. The molecule has 0 unspecified atom stereocenters. The number of amides is 1. The molecule has 0 aliphatic carbocycles. The predicted molar refractivity (Wildman–Crippen MR) is 82.7 cm³/mol. The molecule has 0 aromatic heterocycles. The highest BCUT2D eigenvalue weighted by molar-refractivity contribution is 5.85. The Morgan fingerprint density at radius 3 is 2.62 bits per heavy atom. The summed E-state index contributed by atoms with van der Waals surface area (Å²) in [6, 6.07) is 7.59. The van der Waals surface area contributed by atoms with Crippen molar-refractivity contribution in [2.45, 2.75) is 20.4 Å². The molecule has 0 saturated carbocycles. The van der Waals surface area contributed by atoms with E-state index in [0.29, 0.717) is 19.6 Å². The van der Waals surface area contributed by atoms with E-state index >= 15 is 0 Å². The van der Waals surface area contributed by atoms with Crippen LogP contribution in [0.3, 0.4) is 0 Å². The minimum Gasteiger partial charge on any atom is -0.478 e. The summed E-state index contributed by atoms with van der Waals surface area (Å²) in [6.45, 7) is 6.19. The molecule has 5 nitrogen and oxygen atoms in total. The maximum absolute atomic E-state index is 11.7. The van der Waals surface area contributed by atoms with Crippen molar-refractivity contribution in [3.63, 3.8) is 0 Å². The van der Waals surface area contributed by atoms with E-state index in [1.165, 1.54) is 0 Å². The minimum atomic E-state index is -0.973. The largest absolute Gasteiger partial charge is 0.478 e. The Morgan fingerprint density at radius 1 is 1.29 bits per heavy atom. The molecule has 0 atom stereocenters. The third-order valence-electron chi connectivity index (χ3n) is 3.04. The van der Waals surface area contributed by atoms with Gasteiger partial charge in [-0.25, -0.2) is 4.79 Å². The molecule has 1 aromatic rings. The lowest BCUT2D eigenvalue weighted by Crippen LogP contribution is -2.36.